The Morgan fingerprint density at radius 1 is 1.29 bits per heavy atom. The zero-order valence-electron chi connectivity index (χ0n) is 12.7. The molecule has 0 saturated carbocycles. The van der Waals surface area contributed by atoms with Crippen LogP contribution in [0.3, 0.4) is 0 Å². The van der Waals surface area contributed by atoms with Crippen LogP contribution in [-0.2, 0) is 4.79 Å². The fraction of sp³-hybridized carbons (Fsp3) is 0.562. The third-order valence-corrected chi connectivity index (χ3v) is 3.71. The number of halogens is 2. The minimum Gasteiger partial charge on any atom is -0.369 e. The van der Waals surface area contributed by atoms with Gasteiger partial charge in [0.2, 0.25) is 5.91 Å². The zero-order chi connectivity index (χ0) is 15.6. The molecule has 21 heavy (non-hydrogen) atoms. The van der Waals surface area contributed by atoms with Gasteiger partial charge < -0.3 is 10.2 Å². The van der Waals surface area contributed by atoms with Crippen molar-refractivity contribution in [1.82, 2.24) is 5.32 Å². The maximum atomic E-state index is 13.3. The molecule has 1 aliphatic heterocycles. The molecule has 116 valence electrons. The number of benzene rings is 1. The van der Waals surface area contributed by atoms with Gasteiger partial charge in [-0.3, -0.25) is 4.79 Å². The van der Waals surface area contributed by atoms with Gasteiger partial charge in [-0.25, -0.2) is 8.78 Å². The minimum absolute atomic E-state index is 0.0136. The summed E-state index contributed by atoms with van der Waals surface area (Å²) in [6, 6.07) is 3.97. The first-order valence-corrected chi connectivity index (χ1v) is 7.28. The molecule has 5 heteroatoms. The standard InChI is InChI=1S/C16H22F2N2O/c1-16(2,3)15(21)19-11-5-4-8-20(10-11)12-6-7-13(17)14(18)9-12/h6-7,9,11H,4-5,8,10H2,1-3H3,(H,19,21). The first-order chi connectivity index (χ1) is 9.77. The van der Waals surface area contributed by atoms with E-state index in [9.17, 15) is 13.6 Å². The lowest BCUT2D eigenvalue weighted by Crippen LogP contribution is -2.50. The largest absolute Gasteiger partial charge is 0.369 e. The Bertz CT molecular complexity index is 525. The molecule has 0 spiro atoms. The first kappa shape index (κ1) is 15.7. The fourth-order valence-electron chi connectivity index (χ4n) is 2.41. The van der Waals surface area contributed by atoms with E-state index in [0.717, 1.165) is 25.5 Å². The number of piperidine rings is 1. The molecule has 1 unspecified atom stereocenters. The highest BCUT2D eigenvalue weighted by Gasteiger charge is 2.27. The summed E-state index contributed by atoms with van der Waals surface area (Å²) in [5.41, 5.74) is 0.230. The predicted molar refractivity (Wildman–Crippen MR) is 79.2 cm³/mol. The molecule has 2 rings (SSSR count). The van der Waals surface area contributed by atoms with E-state index in [1.54, 1.807) is 6.07 Å². The van der Waals surface area contributed by atoms with Crippen LogP contribution in [0.2, 0.25) is 0 Å². The van der Waals surface area contributed by atoms with Gasteiger partial charge in [-0.05, 0) is 25.0 Å². The average molecular weight is 296 g/mol. The number of hydrogen-bond donors (Lipinski definition) is 1. The van der Waals surface area contributed by atoms with Crippen molar-refractivity contribution in [3.8, 4) is 0 Å². The molecule has 0 bridgehead atoms. The monoisotopic (exact) mass is 296 g/mol. The molecule has 1 aliphatic rings. The number of anilines is 1. The Hall–Kier alpha value is -1.65. The van der Waals surface area contributed by atoms with Crippen LogP contribution in [0, 0.1) is 17.0 Å². The maximum Gasteiger partial charge on any atom is 0.225 e. The number of nitrogens with one attached hydrogen (secondary N) is 1. The van der Waals surface area contributed by atoms with Crippen LogP contribution >= 0.6 is 0 Å². The summed E-state index contributed by atoms with van der Waals surface area (Å²) in [6.45, 7) is 7.02. The van der Waals surface area contributed by atoms with Crippen LogP contribution in [0.15, 0.2) is 18.2 Å². The molecule has 1 aromatic rings. The summed E-state index contributed by atoms with van der Waals surface area (Å²) in [6.07, 6.45) is 1.82. The zero-order valence-corrected chi connectivity index (χ0v) is 12.7. The second-order valence-corrected chi connectivity index (χ2v) is 6.61. The van der Waals surface area contributed by atoms with Gasteiger partial charge in [0.25, 0.3) is 0 Å². The third kappa shape index (κ3) is 3.93. The van der Waals surface area contributed by atoms with Gasteiger partial charge in [-0.2, -0.15) is 0 Å². The smallest absolute Gasteiger partial charge is 0.225 e. The number of hydrogen-bond acceptors (Lipinski definition) is 2. The first-order valence-electron chi connectivity index (χ1n) is 7.28. The summed E-state index contributed by atoms with van der Waals surface area (Å²) < 4.78 is 26.3. The van der Waals surface area contributed by atoms with E-state index in [4.69, 9.17) is 0 Å². The summed E-state index contributed by atoms with van der Waals surface area (Å²) in [5, 5.41) is 3.04. The van der Waals surface area contributed by atoms with Crippen LogP contribution in [0.25, 0.3) is 0 Å². The summed E-state index contributed by atoms with van der Waals surface area (Å²) >= 11 is 0. The summed E-state index contributed by atoms with van der Waals surface area (Å²) in [7, 11) is 0. The van der Waals surface area contributed by atoms with Gasteiger partial charge in [0.05, 0.1) is 0 Å². The highest BCUT2D eigenvalue weighted by atomic mass is 19.2. The van der Waals surface area contributed by atoms with Gasteiger partial charge in [-0.1, -0.05) is 20.8 Å². The summed E-state index contributed by atoms with van der Waals surface area (Å²) in [5.74, 6) is -1.67. The highest BCUT2D eigenvalue weighted by Crippen LogP contribution is 2.23. The molecule has 1 amide bonds. The van der Waals surface area contributed by atoms with Gasteiger partial charge in [0, 0.05) is 36.3 Å². The Balaban J connectivity index is 2.03. The van der Waals surface area contributed by atoms with Gasteiger partial charge in [0.15, 0.2) is 11.6 Å². The molecule has 1 atom stereocenters. The third-order valence-electron chi connectivity index (χ3n) is 3.71. The van der Waals surface area contributed by atoms with E-state index >= 15 is 0 Å². The van der Waals surface area contributed by atoms with Crippen molar-refractivity contribution in [3.05, 3.63) is 29.8 Å². The van der Waals surface area contributed by atoms with Crippen molar-refractivity contribution in [3.63, 3.8) is 0 Å². The van der Waals surface area contributed by atoms with E-state index in [-0.39, 0.29) is 11.9 Å². The Morgan fingerprint density at radius 3 is 2.62 bits per heavy atom. The van der Waals surface area contributed by atoms with Crippen molar-refractivity contribution in [2.24, 2.45) is 5.41 Å². The quantitative estimate of drug-likeness (QED) is 0.909. The van der Waals surface area contributed by atoms with Gasteiger partial charge in [0.1, 0.15) is 0 Å². The second-order valence-electron chi connectivity index (χ2n) is 6.61. The van der Waals surface area contributed by atoms with Crippen molar-refractivity contribution < 1.29 is 13.6 Å². The molecule has 3 nitrogen and oxygen atoms in total. The number of carbonyl (C=O) groups is 1. The Morgan fingerprint density at radius 2 is 2.00 bits per heavy atom. The van der Waals surface area contributed by atoms with E-state index in [1.165, 1.54) is 6.07 Å². The fourth-order valence-corrected chi connectivity index (χ4v) is 2.41. The molecule has 0 aromatic heterocycles. The topological polar surface area (TPSA) is 32.3 Å². The van der Waals surface area contributed by atoms with E-state index in [1.807, 2.05) is 25.7 Å². The number of carbonyl (C=O) groups excluding carboxylic acids is 1. The van der Waals surface area contributed by atoms with Crippen LogP contribution in [0.1, 0.15) is 33.6 Å². The second kappa shape index (κ2) is 6.00. The lowest BCUT2D eigenvalue weighted by Gasteiger charge is -2.36. The molecule has 1 heterocycles. The molecule has 0 aliphatic carbocycles. The SMILES string of the molecule is CC(C)(C)C(=O)NC1CCCN(c2ccc(F)c(F)c2)C1. The minimum atomic E-state index is -0.839. The van der Waals surface area contributed by atoms with Crippen LogP contribution in [0.5, 0.6) is 0 Å². The lowest BCUT2D eigenvalue weighted by molar-refractivity contribution is -0.129. The predicted octanol–water partition coefficient (Wildman–Crippen LogP) is 3.10. The van der Waals surface area contributed by atoms with Crippen LogP contribution in [-0.4, -0.2) is 25.0 Å². The number of rotatable bonds is 2. The summed E-state index contributed by atoms with van der Waals surface area (Å²) in [4.78, 5) is 14.0. The molecular formula is C16H22F2N2O. The number of amides is 1. The van der Waals surface area contributed by atoms with Gasteiger partial charge in [-0.15, -0.1) is 0 Å². The van der Waals surface area contributed by atoms with Crippen LogP contribution < -0.4 is 10.2 Å². The van der Waals surface area contributed by atoms with Crippen molar-refractivity contribution in [1.29, 1.82) is 0 Å². The number of nitrogens with zero attached hydrogens (tertiary/aromatic N) is 1. The van der Waals surface area contributed by atoms with Crippen molar-refractivity contribution >= 4 is 11.6 Å². The molecule has 0 radical (unpaired) electrons. The molecule has 1 saturated heterocycles. The van der Waals surface area contributed by atoms with Crippen LogP contribution in [0.4, 0.5) is 14.5 Å². The Labute approximate surface area is 124 Å². The maximum absolute atomic E-state index is 13.3. The highest BCUT2D eigenvalue weighted by molar-refractivity contribution is 5.81. The molecule has 1 fully saturated rings. The molecule has 1 N–H and O–H groups in total. The normalized spacial score (nSPS) is 19.5. The van der Waals surface area contributed by atoms with Gasteiger partial charge >= 0.3 is 0 Å². The van der Waals surface area contributed by atoms with E-state index < -0.39 is 17.0 Å². The molecule has 1 aromatic carbocycles. The van der Waals surface area contributed by atoms with E-state index in [2.05, 4.69) is 5.32 Å². The Kier molecular flexibility index (Phi) is 4.49. The van der Waals surface area contributed by atoms with Crippen molar-refractivity contribution in [2.75, 3.05) is 18.0 Å². The molecular weight excluding hydrogens is 274 g/mol. The van der Waals surface area contributed by atoms with E-state index in [0.29, 0.717) is 12.2 Å². The lowest BCUT2D eigenvalue weighted by atomic mass is 9.94. The average Bonchev–Trinajstić information content (AvgIpc) is 2.41. The van der Waals surface area contributed by atoms with Crippen molar-refractivity contribution in [2.45, 2.75) is 39.7 Å².